The van der Waals surface area contributed by atoms with E-state index in [4.69, 9.17) is 9.15 Å². The van der Waals surface area contributed by atoms with Crippen LogP contribution in [-0.4, -0.2) is 16.9 Å². The number of aromatic nitrogens is 1. The lowest BCUT2D eigenvalue weighted by molar-refractivity contribution is -0.145. The Labute approximate surface area is 152 Å². The second-order valence-corrected chi connectivity index (χ2v) is 7.18. The molecule has 25 heavy (non-hydrogen) atoms. The third kappa shape index (κ3) is 4.77. The maximum atomic E-state index is 12.1. The SMILES string of the molecule is CC(=O)NC(CC(=O)OCc1coc(-c2cccs2)n1)c1cccs1. The van der Waals surface area contributed by atoms with E-state index in [1.165, 1.54) is 35.9 Å². The van der Waals surface area contributed by atoms with Gasteiger partial charge >= 0.3 is 5.97 Å². The molecule has 3 aromatic heterocycles. The number of amides is 1. The monoisotopic (exact) mass is 376 g/mol. The largest absolute Gasteiger partial charge is 0.459 e. The summed E-state index contributed by atoms with van der Waals surface area (Å²) in [4.78, 5) is 29.6. The molecule has 0 saturated carbocycles. The van der Waals surface area contributed by atoms with Gasteiger partial charge in [-0.3, -0.25) is 9.59 Å². The van der Waals surface area contributed by atoms with Gasteiger partial charge in [-0.25, -0.2) is 4.98 Å². The molecule has 6 nitrogen and oxygen atoms in total. The molecular weight excluding hydrogens is 360 g/mol. The first-order valence-corrected chi connectivity index (χ1v) is 9.32. The van der Waals surface area contributed by atoms with Crippen LogP contribution >= 0.6 is 22.7 Å². The van der Waals surface area contributed by atoms with Gasteiger partial charge in [-0.15, -0.1) is 22.7 Å². The standard InChI is InChI=1S/C17H16N2O4S2/c1-11(20)18-13(14-4-2-6-24-14)8-16(21)22-9-12-10-23-17(19-12)15-5-3-7-25-15/h2-7,10,13H,8-9H2,1H3,(H,18,20). The van der Waals surface area contributed by atoms with Crippen molar-refractivity contribution in [3.05, 3.63) is 51.9 Å². The first kappa shape index (κ1) is 17.4. The average Bonchev–Trinajstić information content (AvgIpc) is 3.33. The van der Waals surface area contributed by atoms with Gasteiger partial charge in [-0.1, -0.05) is 12.1 Å². The maximum Gasteiger partial charge on any atom is 0.308 e. The number of ether oxygens (including phenoxy) is 1. The Morgan fingerprint density at radius 1 is 1.28 bits per heavy atom. The number of hydrogen-bond donors (Lipinski definition) is 1. The van der Waals surface area contributed by atoms with Crippen LogP contribution in [0.4, 0.5) is 0 Å². The molecule has 8 heteroatoms. The molecule has 0 saturated heterocycles. The van der Waals surface area contributed by atoms with Gasteiger partial charge in [0.05, 0.1) is 17.3 Å². The summed E-state index contributed by atoms with van der Waals surface area (Å²) in [6.07, 6.45) is 1.54. The van der Waals surface area contributed by atoms with Gasteiger partial charge in [-0.05, 0) is 22.9 Å². The molecule has 130 valence electrons. The van der Waals surface area contributed by atoms with Crippen LogP contribution in [0.2, 0.25) is 0 Å². The molecule has 1 unspecified atom stereocenters. The highest BCUT2D eigenvalue weighted by Crippen LogP contribution is 2.25. The minimum absolute atomic E-state index is 0.0327. The number of hydrogen-bond acceptors (Lipinski definition) is 7. The molecule has 3 aromatic rings. The predicted molar refractivity (Wildman–Crippen MR) is 95.1 cm³/mol. The summed E-state index contributed by atoms with van der Waals surface area (Å²) in [5.41, 5.74) is 0.545. The Bertz CT molecular complexity index is 825. The summed E-state index contributed by atoms with van der Waals surface area (Å²) in [6, 6.07) is 7.19. The van der Waals surface area contributed by atoms with Crippen LogP contribution < -0.4 is 5.32 Å². The van der Waals surface area contributed by atoms with Crippen LogP contribution in [0, 0.1) is 0 Å². The van der Waals surface area contributed by atoms with Gasteiger partial charge in [0.25, 0.3) is 0 Å². The second kappa shape index (κ2) is 8.09. The number of rotatable bonds is 7. The molecule has 1 N–H and O–H groups in total. The van der Waals surface area contributed by atoms with Crippen molar-refractivity contribution in [2.24, 2.45) is 0 Å². The fraction of sp³-hybridized carbons (Fsp3) is 0.235. The Morgan fingerprint density at radius 2 is 2.08 bits per heavy atom. The third-order valence-corrected chi connectivity index (χ3v) is 5.14. The molecule has 0 aliphatic heterocycles. The van der Waals surface area contributed by atoms with Gasteiger partial charge in [-0.2, -0.15) is 0 Å². The van der Waals surface area contributed by atoms with E-state index >= 15 is 0 Å². The summed E-state index contributed by atoms with van der Waals surface area (Å²) in [5, 5.41) is 6.61. The molecule has 0 radical (unpaired) electrons. The number of nitrogens with one attached hydrogen (secondary N) is 1. The zero-order chi connectivity index (χ0) is 17.6. The highest BCUT2D eigenvalue weighted by atomic mass is 32.1. The molecule has 3 heterocycles. The van der Waals surface area contributed by atoms with Gasteiger partial charge < -0.3 is 14.5 Å². The van der Waals surface area contributed by atoms with Gasteiger partial charge in [0.2, 0.25) is 11.8 Å². The van der Waals surface area contributed by atoms with Crippen LogP contribution in [-0.2, 0) is 20.9 Å². The lowest BCUT2D eigenvalue weighted by atomic mass is 10.1. The van der Waals surface area contributed by atoms with Crippen molar-refractivity contribution in [2.45, 2.75) is 26.0 Å². The Morgan fingerprint density at radius 3 is 2.76 bits per heavy atom. The van der Waals surface area contributed by atoms with Crippen molar-refractivity contribution >= 4 is 34.6 Å². The summed E-state index contributed by atoms with van der Waals surface area (Å²) in [6.45, 7) is 1.46. The number of carbonyl (C=O) groups excluding carboxylic acids is 2. The van der Waals surface area contributed by atoms with E-state index in [-0.39, 0.29) is 25.0 Å². The second-order valence-electron chi connectivity index (χ2n) is 5.25. The first-order valence-electron chi connectivity index (χ1n) is 7.56. The van der Waals surface area contributed by atoms with Crippen molar-refractivity contribution in [2.75, 3.05) is 0 Å². The van der Waals surface area contributed by atoms with Crippen molar-refractivity contribution in [3.63, 3.8) is 0 Å². The van der Waals surface area contributed by atoms with E-state index in [1.54, 1.807) is 0 Å². The van der Waals surface area contributed by atoms with Crippen molar-refractivity contribution < 1.29 is 18.7 Å². The van der Waals surface area contributed by atoms with E-state index < -0.39 is 5.97 Å². The van der Waals surface area contributed by atoms with Crippen molar-refractivity contribution in [1.82, 2.24) is 10.3 Å². The van der Waals surface area contributed by atoms with Crippen LogP contribution in [0.3, 0.4) is 0 Å². The van der Waals surface area contributed by atoms with Gasteiger partial charge in [0.1, 0.15) is 18.6 Å². The first-order chi connectivity index (χ1) is 12.1. The van der Waals surface area contributed by atoms with Gasteiger partial charge in [0.15, 0.2) is 0 Å². The topological polar surface area (TPSA) is 81.4 Å². The average molecular weight is 376 g/mol. The third-order valence-electron chi connectivity index (χ3n) is 3.30. The molecule has 1 atom stereocenters. The molecule has 1 amide bonds. The summed E-state index contributed by atoms with van der Waals surface area (Å²) < 4.78 is 10.7. The minimum atomic E-state index is -0.409. The Kier molecular flexibility index (Phi) is 5.62. The molecule has 0 aliphatic carbocycles. The smallest absolute Gasteiger partial charge is 0.308 e. The lowest BCUT2D eigenvalue weighted by Crippen LogP contribution is -2.28. The molecule has 0 bridgehead atoms. The number of oxazole rings is 1. The molecule has 0 aromatic carbocycles. The van der Waals surface area contributed by atoms with E-state index in [9.17, 15) is 9.59 Å². The molecule has 0 spiro atoms. The van der Waals surface area contributed by atoms with E-state index in [0.29, 0.717) is 11.6 Å². The minimum Gasteiger partial charge on any atom is -0.459 e. The molecule has 0 aliphatic rings. The van der Waals surface area contributed by atoms with Crippen LogP contribution in [0.15, 0.2) is 45.7 Å². The normalized spacial score (nSPS) is 11.9. The fourth-order valence-electron chi connectivity index (χ4n) is 2.22. The van der Waals surface area contributed by atoms with Crippen LogP contribution in [0.25, 0.3) is 10.8 Å². The van der Waals surface area contributed by atoms with Gasteiger partial charge in [0, 0.05) is 11.8 Å². The van der Waals surface area contributed by atoms with Crippen molar-refractivity contribution in [1.29, 1.82) is 0 Å². The summed E-state index contributed by atoms with van der Waals surface area (Å²) in [7, 11) is 0. The zero-order valence-corrected chi connectivity index (χ0v) is 15.1. The van der Waals surface area contributed by atoms with Crippen molar-refractivity contribution in [3.8, 4) is 10.8 Å². The zero-order valence-electron chi connectivity index (χ0n) is 13.4. The highest BCUT2D eigenvalue weighted by molar-refractivity contribution is 7.13. The summed E-state index contributed by atoms with van der Waals surface area (Å²) in [5.74, 6) is -0.0909. The fourth-order valence-corrected chi connectivity index (χ4v) is 3.66. The lowest BCUT2D eigenvalue weighted by Gasteiger charge is -2.15. The number of thiophene rings is 2. The van der Waals surface area contributed by atoms with E-state index in [2.05, 4.69) is 10.3 Å². The van der Waals surface area contributed by atoms with E-state index in [1.807, 2.05) is 35.0 Å². The maximum absolute atomic E-state index is 12.1. The Hall–Kier alpha value is -2.45. The van der Waals surface area contributed by atoms with Crippen LogP contribution in [0.1, 0.15) is 30.0 Å². The van der Waals surface area contributed by atoms with E-state index in [0.717, 1.165) is 9.75 Å². The molecular formula is C17H16N2O4S2. The highest BCUT2D eigenvalue weighted by Gasteiger charge is 2.19. The number of nitrogens with zero attached hydrogens (tertiary/aromatic N) is 1. The van der Waals surface area contributed by atoms with Crippen LogP contribution in [0.5, 0.6) is 0 Å². The quantitative estimate of drug-likeness (QED) is 0.635. The Balaban J connectivity index is 1.55. The number of carbonyl (C=O) groups is 2. The molecule has 3 rings (SSSR count). The number of esters is 1. The summed E-state index contributed by atoms with van der Waals surface area (Å²) >= 11 is 3.01. The molecule has 0 fully saturated rings. The predicted octanol–water partition coefficient (Wildman–Crippen LogP) is 3.78.